The van der Waals surface area contributed by atoms with Gasteiger partial charge in [-0.2, -0.15) is 0 Å². The van der Waals surface area contributed by atoms with E-state index in [1.807, 2.05) is 0 Å². The van der Waals surface area contributed by atoms with E-state index in [1.165, 1.54) is 31.6 Å². The summed E-state index contributed by atoms with van der Waals surface area (Å²) in [6.45, 7) is 1.71. The topological polar surface area (TPSA) is 112 Å². The lowest BCUT2D eigenvalue weighted by Crippen LogP contribution is -2.15. The van der Waals surface area contributed by atoms with Crippen LogP contribution in [0, 0.1) is 6.92 Å². The van der Waals surface area contributed by atoms with E-state index in [1.54, 1.807) is 13.0 Å². The zero-order valence-electron chi connectivity index (χ0n) is 11.4. The van der Waals surface area contributed by atoms with E-state index in [-0.39, 0.29) is 16.3 Å². The third-order valence-electron chi connectivity index (χ3n) is 2.72. The van der Waals surface area contributed by atoms with E-state index in [0.29, 0.717) is 11.3 Å². The molecule has 1 aromatic carbocycles. The van der Waals surface area contributed by atoms with Gasteiger partial charge >= 0.3 is 0 Å². The van der Waals surface area contributed by atoms with Gasteiger partial charge in [0.2, 0.25) is 10.0 Å². The minimum absolute atomic E-state index is 0.106. The highest BCUT2D eigenvalue weighted by atomic mass is 32.2. The van der Waals surface area contributed by atoms with Crippen molar-refractivity contribution < 1.29 is 22.4 Å². The molecule has 7 nitrogen and oxygen atoms in total. The largest absolute Gasteiger partial charge is 0.495 e. The zero-order chi connectivity index (χ0) is 15.6. The van der Waals surface area contributed by atoms with Crippen LogP contribution in [0.3, 0.4) is 0 Å². The van der Waals surface area contributed by atoms with Crippen LogP contribution in [0.2, 0.25) is 0 Å². The van der Waals surface area contributed by atoms with Crippen LogP contribution in [0.1, 0.15) is 16.1 Å². The maximum atomic E-state index is 12.0. The van der Waals surface area contributed by atoms with Gasteiger partial charge in [-0.1, -0.05) is 0 Å². The Balaban J connectivity index is 2.31. The second kappa shape index (κ2) is 5.58. The van der Waals surface area contributed by atoms with Gasteiger partial charge in [-0.3, -0.25) is 4.79 Å². The summed E-state index contributed by atoms with van der Waals surface area (Å²) in [5, 5.41) is 7.67. The molecule has 0 aliphatic heterocycles. The number of benzene rings is 1. The molecule has 0 bridgehead atoms. The third kappa shape index (κ3) is 3.41. The van der Waals surface area contributed by atoms with E-state index in [0.717, 1.165) is 0 Å². The minimum Gasteiger partial charge on any atom is -0.495 e. The van der Waals surface area contributed by atoms with E-state index in [9.17, 15) is 13.2 Å². The van der Waals surface area contributed by atoms with Crippen LogP contribution in [0.5, 0.6) is 5.75 Å². The van der Waals surface area contributed by atoms with Crippen molar-refractivity contribution in [3.8, 4) is 5.75 Å². The summed E-state index contributed by atoms with van der Waals surface area (Å²) >= 11 is 0. The van der Waals surface area contributed by atoms with Crippen LogP contribution >= 0.6 is 0 Å². The standard InChI is InChI=1S/C13H14N2O5S/c1-8-5-9(7-20-8)13(16)15-10-3-4-11(19-2)12(6-10)21(14,17)18/h3-7H,1-2H3,(H,15,16)(H2,14,17,18). The lowest BCUT2D eigenvalue weighted by molar-refractivity contribution is 0.102. The number of sulfonamides is 1. The fourth-order valence-corrected chi connectivity index (χ4v) is 2.47. The van der Waals surface area contributed by atoms with E-state index in [2.05, 4.69) is 5.32 Å². The van der Waals surface area contributed by atoms with Crippen molar-refractivity contribution in [2.24, 2.45) is 5.14 Å². The number of primary sulfonamides is 1. The Morgan fingerprint density at radius 2 is 2.05 bits per heavy atom. The molecule has 3 N–H and O–H groups in total. The number of hydrogen-bond donors (Lipinski definition) is 2. The number of ether oxygens (including phenoxy) is 1. The summed E-state index contributed by atoms with van der Waals surface area (Å²) in [5.74, 6) is 0.284. The maximum absolute atomic E-state index is 12.0. The monoisotopic (exact) mass is 310 g/mol. The Morgan fingerprint density at radius 3 is 2.57 bits per heavy atom. The Morgan fingerprint density at radius 1 is 1.33 bits per heavy atom. The van der Waals surface area contributed by atoms with Crippen molar-refractivity contribution >= 4 is 21.6 Å². The highest BCUT2D eigenvalue weighted by Gasteiger charge is 2.17. The second-order valence-corrected chi connectivity index (χ2v) is 5.84. The third-order valence-corrected chi connectivity index (χ3v) is 3.65. The van der Waals surface area contributed by atoms with Crippen molar-refractivity contribution in [3.05, 3.63) is 41.9 Å². The first kappa shape index (κ1) is 15.1. The summed E-state index contributed by atoms with van der Waals surface area (Å²) in [6, 6.07) is 5.73. The molecule has 0 saturated carbocycles. The number of furan rings is 1. The van der Waals surface area contributed by atoms with Crippen molar-refractivity contribution in [2.75, 3.05) is 12.4 Å². The number of hydrogen-bond acceptors (Lipinski definition) is 5. The lowest BCUT2D eigenvalue weighted by atomic mass is 10.2. The fraction of sp³-hybridized carbons (Fsp3) is 0.154. The highest BCUT2D eigenvalue weighted by molar-refractivity contribution is 7.89. The molecule has 21 heavy (non-hydrogen) atoms. The van der Waals surface area contributed by atoms with Crippen molar-refractivity contribution in [1.29, 1.82) is 0 Å². The van der Waals surface area contributed by atoms with Crippen LogP contribution in [0.25, 0.3) is 0 Å². The summed E-state index contributed by atoms with van der Waals surface area (Å²) in [4.78, 5) is 11.8. The predicted molar refractivity (Wildman–Crippen MR) is 75.8 cm³/mol. The molecule has 0 aliphatic carbocycles. The molecule has 1 aromatic heterocycles. The molecule has 1 amide bonds. The smallest absolute Gasteiger partial charge is 0.258 e. The Kier molecular flexibility index (Phi) is 4.01. The number of amides is 1. The quantitative estimate of drug-likeness (QED) is 0.888. The first-order chi connectivity index (χ1) is 9.81. The molecule has 0 saturated heterocycles. The molecular formula is C13H14N2O5S. The number of rotatable bonds is 4. The van der Waals surface area contributed by atoms with Crippen molar-refractivity contribution in [3.63, 3.8) is 0 Å². The number of carbonyl (C=O) groups is 1. The van der Waals surface area contributed by atoms with Crippen LogP contribution in [0.4, 0.5) is 5.69 Å². The summed E-state index contributed by atoms with van der Waals surface area (Å²) < 4.78 is 33.0. The normalized spacial score (nSPS) is 11.2. The van der Waals surface area contributed by atoms with Crippen LogP contribution in [-0.4, -0.2) is 21.4 Å². The molecule has 0 unspecified atom stereocenters. The highest BCUT2D eigenvalue weighted by Crippen LogP contribution is 2.26. The number of methoxy groups -OCH3 is 1. The van der Waals surface area contributed by atoms with Gasteiger partial charge in [-0.05, 0) is 31.2 Å². The molecule has 0 fully saturated rings. The van der Waals surface area contributed by atoms with Crippen LogP contribution < -0.4 is 15.2 Å². The van der Waals surface area contributed by atoms with E-state index >= 15 is 0 Å². The minimum atomic E-state index is -3.96. The van der Waals surface area contributed by atoms with Gasteiger partial charge in [0.05, 0.1) is 12.7 Å². The molecule has 0 aliphatic rings. The number of carbonyl (C=O) groups excluding carboxylic acids is 1. The summed E-state index contributed by atoms with van der Waals surface area (Å²) in [7, 11) is -2.63. The molecule has 0 atom stereocenters. The van der Waals surface area contributed by atoms with Gasteiger partial charge in [0, 0.05) is 5.69 Å². The van der Waals surface area contributed by atoms with Gasteiger partial charge in [0.1, 0.15) is 22.7 Å². The first-order valence-electron chi connectivity index (χ1n) is 5.88. The lowest BCUT2D eigenvalue weighted by Gasteiger charge is -2.09. The van der Waals surface area contributed by atoms with Crippen LogP contribution in [0.15, 0.2) is 39.8 Å². The molecule has 112 valence electrons. The number of nitrogens with one attached hydrogen (secondary N) is 1. The molecule has 2 rings (SSSR count). The molecule has 1 heterocycles. The summed E-state index contributed by atoms with van der Waals surface area (Å²) in [6.07, 6.45) is 1.31. The molecular weight excluding hydrogens is 296 g/mol. The molecule has 0 spiro atoms. The Bertz CT molecular complexity index is 780. The van der Waals surface area contributed by atoms with Gasteiger partial charge in [0.25, 0.3) is 5.91 Å². The van der Waals surface area contributed by atoms with E-state index in [4.69, 9.17) is 14.3 Å². The van der Waals surface area contributed by atoms with Crippen molar-refractivity contribution in [1.82, 2.24) is 0 Å². The van der Waals surface area contributed by atoms with E-state index < -0.39 is 15.9 Å². The van der Waals surface area contributed by atoms with Gasteiger partial charge < -0.3 is 14.5 Å². The first-order valence-corrected chi connectivity index (χ1v) is 7.43. The van der Waals surface area contributed by atoms with Crippen LogP contribution in [-0.2, 0) is 10.0 Å². The summed E-state index contributed by atoms with van der Waals surface area (Å²) in [5.41, 5.74) is 0.615. The number of nitrogens with two attached hydrogens (primary N) is 1. The maximum Gasteiger partial charge on any atom is 0.258 e. The number of aryl methyl sites for hydroxylation is 1. The zero-order valence-corrected chi connectivity index (χ0v) is 12.2. The second-order valence-electron chi connectivity index (χ2n) is 4.31. The Hall–Kier alpha value is -2.32. The SMILES string of the molecule is COc1ccc(NC(=O)c2coc(C)c2)cc1S(N)(=O)=O. The molecule has 0 radical (unpaired) electrons. The van der Waals surface area contributed by atoms with Gasteiger partial charge in [-0.25, -0.2) is 13.6 Å². The molecule has 8 heteroatoms. The average molecular weight is 310 g/mol. The number of anilines is 1. The average Bonchev–Trinajstić information content (AvgIpc) is 2.84. The van der Waals surface area contributed by atoms with Crippen molar-refractivity contribution in [2.45, 2.75) is 11.8 Å². The van der Waals surface area contributed by atoms with Gasteiger partial charge in [0.15, 0.2) is 0 Å². The Labute approximate surface area is 121 Å². The fourth-order valence-electron chi connectivity index (χ4n) is 1.74. The van der Waals surface area contributed by atoms with Gasteiger partial charge in [-0.15, -0.1) is 0 Å². The molecule has 2 aromatic rings. The predicted octanol–water partition coefficient (Wildman–Crippen LogP) is 1.50.